The smallest absolute Gasteiger partial charge is 0.339 e. The molecule has 2 aromatic carbocycles. The van der Waals surface area contributed by atoms with Crippen LogP contribution < -0.4 is 5.32 Å². The number of aromatic carboxylic acids is 1. The van der Waals surface area contributed by atoms with Crippen LogP contribution in [0.2, 0.25) is 0 Å². The van der Waals surface area contributed by atoms with Gasteiger partial charge < -0.3 is 10.4 Å². The number of pyridine rings is 2. The van der Waals surface area contributed by atoms with E-state index in [1.54, 1.807) is 24.4 Å². The Morgan fingerprint density at radius 2 is 1.70 bits per heavy atom. The van der Waals surface area contributed by atoms with Crippen molar-refractivity contribution in [1.82, 2.24) is 20.2 Å². The summed E-state index contributed by atoms with van der Waals surface area (Å²) in [5, 5.41) is 20.7. The Labute approximate surface area is 231 Å². The average molecular weight is 558 g/mol. The second-order valence-corrected chi connectivity index (χ2v) is 10.5. The molecule has 0 saturated carbocycles. The van der Waals surface area contributed by atoms with Crippen LogP contribution in [0, 0.1) is 20.8 Å². The number of benzene rings is 2. The molecule has 0 aliphatic rings. The average Bonchev–Trinajstić information content (AvgIpc) is 3.29. The fourth-order valence-electron chi connectivity index (χ4n) is 3.89. The molecule has 0 amide bonds. The Kier molecular flexibility index (Phi) is 8.37. The molecule has 4 N–H and O–H groups in total. The summed E-state index contributed by atoms with van der Waals surface area (Å²) in [7, 11) is -4.02. The van der Waals surface area contributed by atoms with Crippen LogP contribution in [-0.2, 0) is 10.1 Å². The Morgan fingerprint density at radius 3 is 2.38 bits per heavy atom. The zero-order valence-corrected chi connectivity index (χ0v) is 22.8. The standard InChI is InChI=1S/C22H19N5O2.C7H8O3S/c1-13-10-14(2)24-15(11-13)6-8-19-17-7-5-16(12-20(17)27-26-19)25-21-18(22(28)29)4-3-9-23-21;1-6-2-4-7(5-3-6)11(8,9)10/h3-12H,1-2H3,(H,23,25)(H,26,27)(H,28,29);2-5H,1H3,(H,8,9,10). The van der Waals surface area contributed by atoms with E-state index in [0.717, 1.165) is 39.1 Å². The largest absolute Gasteiger partial charge is 0.478 e. The number of nitrogens with one attached hydrogen (secondary N) is 2. The summed E-state index contributed by atoms with van der Waals surface area (Å²) in [4.78, 5) is 19.9. The van der Waals surface area contributed by atoms with E-state index in [4.69, 9.17) is 4.55 Å². The number of anilines is 2. The number of aryl methyl sites for hydroxylation is 3. The number of nitrogens with zero attached hydrogens (tertiary/aromatic N) is 3. The molecule has 3 heterocycles. The molecular formula is C29H27N5O5S. The maximum atomic E-state index is 11.3. The molecule has 0 bridgehead atoms. The van der Waals surface area contributed by atoms with Crippen molar-refractivity contribution in [2.24, 2.45) is 0 Å². The number of aromatic nitrogens is 4. The number of hydrogen-bond donors (Lipinski definition) is 4. The molecule has 5 aromatic rings. The van der Waals surface area contributed by atoms with Crippen molar-refractivity contribution in [3.8, 4) is 0 Å². The summed E-state index contributed by atoms with van der Waals surface area (Å²) in [6.07, 6.45) is 5.41. The molecular weight excluding hydrogens is 530 g/mol. The highest BCUT2D eigenvalue weighted by molar-refractivity contribution is 7.85. The van der Waals surface area contributed by atoms with Gasteiger partial charge in [0.1, 0.15) is 11.4 Å². The summed E-state index contributed by atoms with van der Waals surface area (Å²) < 4.78 is 29.6. The molecule has 0 atom stereocenters. The van der Waals surface area contributed by atoms with Crippen LogP contribution in [0.4, 0.5) is 11.5 Å². The van der Waals surface area contributed by atoms with Gasteiger partial charge in [-0.1, -0.05) is 17.7 Å². The summed E-state index contributed by atoms with van der Waals surface area (Å²) in [6.45, 7) is 5.86. The van der Waals surface area contributed by atoms with Gasteiger partial charge in [0, 0.05) is 23.0 Å². The number of carbonyl (C=O) groups is 1. The first-order valence-corrected chi connectivity index (χ1v) is 13.5. The van der Waals surface area contributed by atoms with Crippen molar-refractivity contribution in [3.05, 3.63) is 107 Å². The quantitative estimate of drug-likeness (QED) is 0.189. The monoisotopic (exact) mass is 557 g/mol. The number of rotatable bonds is 6. The zero-order valence-electron chi connectivity index (χ0n) is 22.0. The SMILES string of the molecule is Cc1cc(C)nc(C=Cc2n[nH]c3cc(Nc4ncccc4C(=O)O)ccc23)c1.Cc1ccc(S(=O)(=O)O)cc1. The molecule has 40 heavy (non-hydrogen) atoms. The summed E-state index contributed by atoms with van der Waals surface area (Å²) >= 11 is 0. The van der Waals surface area contributed by atoms with Crippen LogP contribution >= 0.6 is 0 Å². The fourth-order valence-corrected chi connectivity index (χ4v) is 4.37. The third kappa shape index (κ3) is 7.16. The second kappa shape index (κ2) is 11.9. The highest BCUT2D eigenvalue weighted by Gasteiger charge is 2.12. The minimum atomic E-state index is -4.02. The number of aromatic amines is 1. The van der Waals surface area contributed by atoms with Gasteiger partial charge in [0.2, 0.25) is 0 Å². The van der Waals surface area contributed by atoms with Crippen molar-refractivity contribution in [3.63, 3.8) is 0 Å². The predicted octanol–water partition coefficient (Wildman–Crippen LogP) is 5.82. The maximum Gasteiger partial charge on any atom is 0.339 e. The van der Waals surface area contributed by atoms with E-state index in [-0.39, 0.29) is 10.5 Å². The first-order chi connectivity index (χ1) is 19.0. The number of carboxylic acids is 1. The lowest BCUT2D eigenvalue weighted by molar-refractivity contribution is 0.0697. The van der Waals surface area contributed by atoms with Crippen LogP contribution in [-0.4, -0.2) is 44.2 Å². The molecule has 0 aliphatic heterocycles. The van der Waals surface area contributed by atoms with Crippen LogP contribution in [0.1, 0.15) is 38.6 Å². The minimum Gasteiger partial charge on any atom is -0.478 e. The van der Waals surface area contributed by atoms with Crippen LogP contribution in [0.25, 0.3) is 23.1 Å². The molecule has 5 rings (SSSR count). The van der Waals surface area contributed by atoms with E-state index in [2.05, 4.69) is 25.5 Å². The summed E-state index contributed by atoms with van der Waals surface area (Å²) in [5.41, 5.74) is 6.44. The van der Waals surface area contributed by atoms with Gasteiger partial charge in [-0.05, 0) is 93.1 Å². The molecule has 204 valence electrons. The molecule has 0 aliphatic carbocycles. The second-order valence-electron chi connectivity index (χ2n) is 9.03. The molecule has 3 aromatic heterocycles. The third-order valence-corrected chi connectivity index (χ3v) is 6.61. The van der Waals surface area contributed by atoms with Gasteiger partial charge in [-0.2, -0.15) is 13.5 Å². The van der Waals surface area contributed by atoms with Crippen LogP contribution in [0.15, 0.2) is 77.8 Å². The van der Waals surface area contributed by atoms with Gasteiger partial charge in [-0.3, -0.25) is 14.6 Å². The zero-order chi connectivity index (χ0) is 28.9. The Bertz CT molecular complexity index is 1790. The van der Waals surface area contributed by atoms with E-state index in [1.807, 2.05) is 63.3 Å². The van der Waals surface area contributed by atoms with Crippen molar-refractivity contribution in [2.45, 2.75) is 25.7 Å². The van der Waals surface area contributed by atoms with Crippen molar-refractivity contribution in [1.29, 1.82) is 0 Å². The topological polar surface area (TPSA) is 158 Å². The maximum absolute atomic E-state index is 11.3. The van der Waals surface area contributed by atoms with E-state index in [0.29, 0.717) is 11.5 Å². The first-order valence-electron chi connectivity index (χ1n) is 12.1. The third-order valence-electron chi connectivity index (χ3n) is 5.74. The lowest BCUT2D eigenvalue weighted by Crippen LogP contribution is -2.04. The highest BCUT2D eigenvalue weighted by atomic mass is 32.2. The molecule has 0 saturated heterocycles. The van der Waals surface area contributed by atoms with Gasteiger partial charge in [-0.25, -0.2) is 9.78 Å². The Morgan fingerprint density at radius 1 is 0.950 bits per heavy atom. The molecule has 10 nitrogen and oxygen atoms in total. The Hall–Kier alpha value is -4.87. The minimum absolute atomic E-state index is 0.0666. The first kappa shape index (κ1) is 28.1. The van der Waals surface area contributed by atoms with Gasteiger partial charge in [0.05, 0.1) is 21.8 Å². The van der Waals surface area contributed by atoms with E-state index in [1.165, 1.54) is 18.2 Å². The van der Waals surface area contributed by atoms with Crippen molar-refractivity contribution in [2.75, 3.05) is 5.32 Å². The van der Waals surface area contributed by atoms with Gasteiger partial charge in [0.15, 0.2) is 0 Å². The summed E-state index contributed by atoms with van der Waals surface area (Å²) in [6, 6.07) is 18.8. The Balaban J connectivity index is 0.000000283. The molecule has 0 fully saturated rings. The summed E-state index contributed by atoms with van der Waals surface area (Å²) in [5.74, 6) is -0.740. The normalized spacial score (nSPS) is 11.3. The van der Waals surface area contributed by atoms with Gasteiger partial charge >= 0.3 is 5.97 Å². The van der Waals surface area contributed by atoms with E-state index >= 15 is 0 Å². The van der Waals surface area contributed by atoms with E-state index < -0.39 is 16.1 Å². The van der Waals surface area contributed by atoms with E-state index in [9.17, 15) is 18.3 Å². The molecule has 0 spiro atoms. The lowest BCUT2D eigenvalue weighted by Gasteiger charge is -2.08. The molecule has 11 heteroatoms. The predicted molar refractivity (Wildman–Crippen MR) is 154 cm³/mol. The lowest BCUT2D eigenvalue weighted by atomic mass is 10.1. The highest BCUT2D eigenvalue weighted by Crippen LogP contribution is 2.25. The van der Waals surface area contributed by atoms with Crippen molar-refractivity contribution < 1.29 is 22.9 Å². The number of carboxylic acid groups (broad SMARTS) is 1. The molecule has 0 unspecified atom stereocenters. The fraction of sp³-hybridized carbons (Fsp3) is 0.103. The van der Waals surface area contributed by atoms with Gasteiger partial charge in [-0.15, -0.1) is 0 Å². The van der Waals surface area contributed by atoms with Crippen LogP contribution in [0.3, 0.4) is 0 Å². The number of H-pyrrole nitrogens is 1. The molecule has 0 radical (unpaired) electrons. The van der Waals surface area contributed by atoms with Crippen molar-refractivity contribution >= 4 is 50.6 Å². The number of hydrogen-bond acceptors (Lipinski definition) is 7. The van der Waals surface area contributed by atoms with Gasteiger partial charge in [0.25, 0.3) is 10.1 Å². The number of fused-ring (bicyclic) bond motifs is 1. The van der Waals surface area contributed by atoms with Crippen LogP contribution in [0.5, 0.6) is 0 Å².